The van der Waals surface area contributed by atoms with Crippen molar-refractivity contribution in [1.82, 2.24) is 20.2 Å². The molecule has 1 atom stereocenters. The van der Waals surface area contributed by atoms with Gasteiger partial charge in [0, 0.05) is 20.2 Å². The predicted molar refractivity (Wildman–Crippen MR) is 98.4 cm³/mol. The third-order valence-corrected chi connectivity index (χ3v) is 4.37. The lowest BCUT2D eigenvalue weighted by atomic mass is 10.2. The second-order valence-electron chi connectivity index (χ2n) is 5.12. The van der Waals surface area contributed by atoms with Gasteiger partial charge in [-0.05, 0) is 54.6 Å². The highest BCUT2D eigenvalue weighted by Gasteiger charge is 2.19. The molecule has 1 heterocycles. The largest absolute Gasteiger partial charge is 0.324 e. The van der Waals surface area contributed by atoms with E-state index < -0.39 is 6.04 Å². The maximum atomic E-state index is 12.4. The van der Waals surface area contributed by atoms with Crippen LogP contribution in [0.5, 0.6) is 0 Å². The highest BCUT2D eigenvalue weighted by Crippen LogP contribution is 2.19. The molecule has 0 saturated heterocycles. The molecule has 6 nitrogen and oxygen atoms in total. The van der Waals surface area contributed by atoms with Gasteiger partial charge in [-0.25, -0.2) is 0 Å². The topological polar surface area (TPSA) is 72.7 Å². The minimum absolute atomic E-state index is 0.215. The molecule has 1 unspecified atom stereocenters. The van der Waals surface area contributed by atoms with Crippen LogP contribution in [0.2, 0.25) is 0 Å². The quantitative estimate of drug-likeness (QED) is 0.650. The smallest absolute Gasteiger partial charge is 0.250 e. The number of benzene rings is 2. The first kappa shape index (κ1) is 16.8. The molecule has 0 fully saturated rings. The number of nitrogens with one attached hydrogen (secondary N) is 1. The molecular formula is C16H13Br2N5O. The first-order chi connectivity index (χ1) is 11.5. The number of hydrogen-bond acceptors (Lipinski definition) is 4. The van der Waals surface area contributed by atoms with Gasteiger partial charge in [-0.1, -0.05) is 37.9 Å². The van der Waals surface area contributed by atoms with Gasteiger partial charge in [-0.15, -0.1) is 10.2 Å². The van der Waals surface area contributed by atoms with Crippen molar-refractivity contribution in [2.45, 2.75) is 13.0 Å². The van der Waals surface area contributed by atoms with Crippen LogP contribution in [0.4, 0.5) is 5.69 Å². The number of tetrazole rings is 1. The molecule has 0 aliphatic carbocycles. The Kier molecular flexibility index (Phi) is 5.06. The molecule has 0 aliphatic rings. The second-order valence-corrected chi connectivity index (χ2v) is 6.95. The minimum atomic E-state index is -0.583. The Labute approximate surface area is 155 Å². The molecule has 0 saturated carbocycles. The summed E-state index contributed by atoms with van der Waals surface area (Å²) in [6, 6.07) is 14.4. The Morgan fingerprint density at radius 3 is 2.58 bits per heavy atom. The van der Waals surface area contributed by atoms with Crippen LogP contribution in [0.15, 0.2) is 57.5 Å². The fraction of sp³-hybridized carbons (Fsp3) is 0.125. The van der Waals surface area contributed by atoms with Crippen LogP contribution < -0.4 is 5.32 Å². The number of aromatic nitrogens is 4. The van der Waals surface area contributed by atoms with Gasteiger partial charge in [-0.3, -0.25) is 4.79 Å². The maximum Gasteiger partial charge on any atom is 0.250 e. The lowest BCUT2D eigenvalue weighted by molar-refractivity contribution is -0.119. The zero-order chi connectivity index (χ0) is 17.1. The number of rotatable bonds is 4. The molecule has 2 aromatic carbocycles. The fourth-order valence-corrected chi connectivity index (χ4v) is 2.69. The van der Waals surface area contributed by atoms with Crippen LogP contribution in [0.25, 0.3) is 11.4 Å². The normalized spacial score (nSPS) is 12.0. The summed E-state index contributed by atoms with van der Waals surface area (Å²) < 4.78 is 1.87. The summed E-state index contributed by atoms with van der Waals surface area (Å²) in [6.45, 7) is 1.72. The lowest BCUT2D eigenvalue weighted by Crippen LogP contribution is -2.25. The maximum absolute atomic E-state index is 12.4. The van der Waals surface area contributed by atoms with Crippen molar-refractivity contribution in [1.29, 1.82) is 0 Å². The second kappa shape index (κ2) is 7.23. The molecule has 0 radical (unpaired) electrons. The van der Waals surface area contributed by atoms with Crippen molar-refractivity contribution in [2.24, 2.45) is 0 Å². The third kappa shape index (κ3) is 3.88. The van der Waals surface area contributed by atoms with Crippen molar-refractivity contribution in [3.05, 3.63) is 57.5 Å². The van der Waals surface area contributed by atoms with E-state index in [1.165, 1.54) is 4.80 Å². The zero-order valence-electron chi connectivity index (χ0n) is 12.6. The molecule has 3 rings (SSSR count). The van der Waals surface area contributed by atoms with Gasteiger partial charge in [0.2, 0.25) is 5.82 Å². The van der Waals surface area contributed by atoms with E-state index in [1.54, 1.807) is 6.92 Å². The van der Waals surface area contributed by atoms with Crippen molar-refractivity contribution in [2.75, 3.05) is 5.32 Å². The summed E-state index contributed by atoms with van der Waals surface area (Å²) in [5.74, 6) is 0.262. The lowest BCUT2D eigenvalue weighted by Gasteiger charge is -2.10. The summed E-state index contributed by atoms with van der Waals surface area (Å²) in [6.07, 6.45) is 0. The van der Waals surface area contributed by atoms with Gasteiger partial charge in [0.25, 0.3) is 5.91 Å². The van der Waals surface area contributed by atoms with Gasteiger partial charge in [0.1, 0.15) is 6.04 Å². The van der Waals surface area contributed by atoms with E-state index in [4.69, 9.17) is 0 Å². The Hall–Kier alpha value is -2.06. The van der Waals surface area contributed by atoms with E-state index in [9.17, 15) is 4.79 Å². The van der Waals surface area contributed by atoms with E-state index in [2.05, 4.69) is 52.6 Å². The molecule has 3 aromatic rings. The van der Waals surface area contributed by atoms with E-state index in [-0.39, 0.29) is 5.91 Å². The molecule has 1 N–H and O–H groups in total. The monoisotopic (exact) mass is 449 g/mol. The minimum Gasteiger partial charge on any atom is -0.324 e. The number of hydrogen-bond donors (Lipinski definition) is 1. The summed E-state index contributed by atoms with van der Waals surface area (Å²) in [5.41, 5.74) is 1.54. The number of nitrogens with zero attached hydrogens (tertiary/aromatic N) is 4. The van der Waals surface area contributed by atoms with Gasteiger partial charge < -0.3 is 5.32 Å². The van der Waals surface area contributed by atoms with Gasteiger partial charge in [0.15, 0.2) is 0 Å². The SMILES string of the molecule is CC(C(=O)Nc1cccc(Br)c1)n1nnc(-c2ccc(Br)cc2)n1. The third-order valence-electron chi connectivity index (χ3n) is 3.35. The molecule has 1 aromatic heterocycles. The highest BCUT2D eigenvalue weighted by atomic mass is 79.9. The summed E-state index contributed by atoms with van der Waals surface area (Å²) in [5, 5.41) is 15.1. The molecular weight excluding hydrogens is 438 g/mol. The van der Waals surface area contributed by atoms with Gasteiger partial charge in [0.05, 0.1) is 0 Å². The average Bonchev–Trinajstić information content (AvgIpc) is 3.04. The molecule has 1 amide bonds. The molecule has 8 heteroatoms. The summed E-state index contributed by atoms with van der Waals surface area (Å²) in [4.78, 5) is 13.7. The first-order valence-corrected chi connectivity index (χ1v) is 8.73. The number of carbonyl (C=O) groups is 1. The fourth-order valence-electron chi connectivity index (χ4n) is 2.02. The zero-order valence-corrected chi connectivity index (χ0v) is 15.8. The van der Waals surface area contributed by atoms with Crippen molar-refractivity contribution < 1.29 is 4.79 Å². The van der Waals surface area contributed by atoms with E-state index >= 15 is 0 Å². The number of anilines is 1. The molecule has 0 aliphatic heterocycles. The average molecular weight is 451 g/mol. The van der Waals surface area contributed by atoms with E-state index in [0.717, 1.165) is 14.5 Å². The van der Waals surface area contributed by atoms with Gasteiger partial charge >= 0.3 is 0 Å². The summed E-state index contributed by atoms with van der Waals surface area (Å²) in [7, 11) is 0. The van der Waals surface area contributed by atoms with Crippen LogP contribution in [-0.4, -0.2) is 26.1 Å². The highest BCUT2D eigenvalue weighted by molar-refractivity contribution is 9.10. The van der Waals surface area contributed by atoms with Gasteiger partial charge in [-0.2, -0.15) is 4.80 Å². The van der Waals surface area contributed by atoms with Crippen LogP contribution >= 0.6 is 31.9 Å². The van der Waals surface area contributed by atoms with Crippen LogP contribution in [-0.2, 0) is 4.79 Å². The number of carbonyl (C=O) groups excluding carboxylic acids is 1. The Morgan fingerprint density at radius 2 is 1.88 bits per heavy atom. The van der Waals surface area contributed by atoms with Crippen molar-refractivity contribution >= 4 is 43.5 Å². The molecule has 122 valence electrons. The molecule has 0 spiro atoms. The van der Waals surface area contributed by atoms with E-state index in [0.29, 0.717) is 11.5 Å². The van der Waals surface area contributed by atoms with E-state index in [1.807, 2.05) is 48.5 Å². The molecule has 0 bridgehead atoms. The number of halogens is 2. The predicted octanol–water partition coefficient (Wildman–Crippen LogP) is 4.06. The molecule has 24 heavy (non-hydrogen) atoms. The Bertz CT molecular complexity index is 863. The van der Waals surface area contributed by atoms with Crippen LogP contribution in [0.3, 0.4) is 0 Å². The van der Waals surface area contributed by atoms with Crippen molar-refractivity contribution in [3.8, 4) is 11.4 Å². The Balaban J connectivity index is 1.74. The van der Waals surface area contributed by atoms with Crippen LogP contribution in [0, 0.1) is 0 Å². The van der Waals surface area contributed by atoms with Crippen LogP contribution in [0.1, 0.15) is 13.0 Å². The first-order valence-electron chi connectivity index (χ1n) is 7.15. The standard InChI is InChI=1S/C16H13Br2N5O/c1-10(16(24)19-14-4-2-3-13(18)9-14)23-21-15(20-22-23)11-5-7-12(17)8-6-11/h2-10H,1H3,(H,19,24). The Morgan fingerprint density at radius 1 is 1.12 bits per heavy atom. The van der Waals surface area contributed by atoms with Crippen molar-refractivity contribution in [3.63, 3.8) is 0 Å². The number of amides is 1. The summed E-state index contributed by atoms with van der Waals surface area (Å²) >= 11 is 6.76.